The molecule has 3 aromatic rings. The van der Waals surface area contributed by atoms with Crippen molar-refractivity contribution in [1.29, 1.82) is 0 Å². The molecular weight excluding hydrogens is 208 g/mol. The van der Waals surface area contributed by atoms with Crippen LogP contribution in [-0.4, -0.2) is 14.7 Å². The Kier molecular flexibility index (Phi) is 1.76. The molecule has 1 aromatic carbocycles. The Morgan fingerprint density at radius 3 is 2.80 bits per heavy atom. The molecule has 0 aliphatic heterocycles. The summed E-state index contributed by atoms with van der Waals surface area (Å²) in [6.45, 7) is 0. The third-order valence-electron chi connectivity index (χ3n) is 2.19. The van der Waals surface area contributed by atoms with Gasteiger partial charge in [0, 0.05) is 12.4 Å². The molecule has 3 nitrogen and oxygen atoms in total. The molecule has 0 atom stereocenters. The second kappa shape index (κ2) is 3.10. The van der Waals surface area contributed by atoms with E-state index in [2.05, 4.69) is 4.98 Å². The predicted molar refractivity (Wildman–Crippen MR) is 60.6 cm³/mol. The van der Waals surface area contributed by atoms with Crippen molar-refractivity contribution >= 4 is 21.6 Å². The molecule has 1 N–H and O–H groups in total. The van der Waals surface area contributed by atoms with Gasteiger partial charge in [0.2, 0.25) is 0 Å². The number of phenolic OH excluding ortho intramolecular Hbond substituents is 1. The van der Waals surface area contributed by atoms with Crippen LogP contribution in [0, 0.1) is 0 Å². The highest BCUT2D eigenvalue weighted by molar-refractivity contribution is 7.20. The van der Waals surface area contributed by atoms with Crippen LogP contribution in [0.15, 0.2) is 42.7 Å². The minimum absolute atomic E-state index is 0.283. The third kappa shape index (κ3) is 1.39. The Bertz CT molecular complexity index is 598. The highest BCUT2D eigenvalue weighted by Gasteiger charge is 2.04. The SMILES string of the molecule is Oc1ccc2nc(-n3cccc3)sc2c1. The van der Waals surface area contributed by atoms with Gasteiger partial charge in [-0.05, 0) is 30.3 Å². The lowest BCUT2D eigenvalue weighted by atomic mass is 10.3. The summed E-state index contributed by atoms with van der Waals surface area (Å²) < 4.78 is 2.96. The largest absolute Gasteiger partial charge is 0.508 e. The maximum Gasteiger partial charge on any atom is 0.194 e. The van der Waals surface area contributed by atoms with Crippen LogP contribution in [0.4, 0.5) is 0 Å². The van der Waals surface area contributed by atoms with E-state index in [1.807, 2.05) is 35.2 Å². The van der Waals surface area contributed by atoms with Crippen LogP contribution < -0.4 is 0 Å². The lowest BCUT2D eigenvalue weighted by molar-refractivity contribution is 0.476. The average molecular weight is 216 g/mol. The number of rotatable bonds is 1. The first-order valence-electron chi connectivity index (χ1n) is 4.56. The summed E-state index contributed by atoms with van der Waals surface area (Å²) >= 11 is 1.56. The zero-order valence-corrected chi connectivity index (χ0v) is 8.61. The first kappa shape index (κ1) is 8.49. The molecule has 0 amide bonds. The van der Waals surface area contributed by atoms with Crippen molar-refractivity contribution in [2.75, 3.05) is 0 Å². The number of aromatic nitrogens is 2. The van der Waals surface area contributed by atoms with E-state index in [-0.39, 0.29) is 5.75 Å². The van der Waals surface area contributed by atoms with Crippen LogP contribution in [0.5, 0.6) is 5.75 Å². The summed E-state index contributed by atoms with van der Waals surface area (Å²) in [6.07, 6.45) is 3.91. The number of fused-ring (bicyclic) bond motifs is 1. The molecule has 0 aliphatic carbocycles. The van der Waals surface area contributed by atoms with Crippen LogP contribution in [-0.2, 0) is 0 Å². The normalized spacial score (nSPS) is 10.9. The molecule has 0 saturated heterocycles. The number of hydrogen-bond donors (Lipinski definition) is 1. The lowest BCUT2D eigenvalue weighted by Crippen LogP contribution is -1.86. The summed E-state index contributed by atoms with van der Waals surface area (Å²) in [7, 11) is 0. The smallest absolute Gasteiger partial charge is 0.194 e. The Labute approximate surface area is 90.2 Å². The summed E-state index contributed by atoms with van der Waals surface area (Å²) in [5.74, 6) is 0.283. The number of benzene rings is 1. The van der Waals surface area contributed by atoms with Crippen molar-refractivity contribution in [3.63, 3.8) is 0 Å². The minimum Gasteiger partial charge on any atom is -0.508 e. The van der Waals surface area contributed by atoms with Gasteiger partial charge in [0.05, 0.1) is 10.2 Å². The van der Waals surface area contributed by atoms with Crippen LogP contribution in [0.25, 0.3) is 15.3 Å². The van der Waals surface area contributed by atoms with E-state index in [4.69, 9.17) is 0 Å². The van der Waals surface area contributed by atoms with Gasteiger partial charge in [0.25, 0.3) is 0 Å². The van der Waals surface area contributed by atoms with Crippen LogP contribution in [0.3, 0.4) is 0 Å². The van der Waals surface area contributed by atoms with Crippen molar-refractivity contribution in [3.8, 4) is 10.9 Å². The topological polar surface area (TPSA) is 38.1 Å². The molecule has 0 radical (unpaired) electrons. The fourth-order valence-corrected chi connectivity index (χ4v) is 2.44. The maximum atomic E-state index is 9.34. The number of thiazole rings is 1. The number of hydrogen-bond acceptors (Lipinski definition) is 3. The molecule has 15 heavy (non-hydrogen) atoms. The Balaban J connectivity index is 2.22. The van der Waals surface area contributed by atoms with Gasteiger partial charge in [-0.15, -0.1) is 0 Å². The van der Waals surface area contributed by atoms with Gasteiger partial charge in [-0.1, -0.05) is 11.3 Å². The summed E-state index contributed by atoms with van der Waals surface area (Å²) in [5.41, 5.74) is 0.918. The monoisotopic (exact) mass is 216 g/mol. The molecule has 0 bridgehead atoms. The van der Waals surface area contributed by atoms with Crippen molar-refractivity contribution in [1.82, 2.24) is 9.55 Å². The van der Waals surface area contributed by atoms with Crippen molar-refractivity contribution < 1.29 is 5.11 Å². The van der Waals surface area contributed by atoms with Gasteiger partial charge in [-0.25, -0.2) is 4.98 Å². The molecule has 2 aromatic heterocycles. The zero-order chi connectivity index (χ0) is 10.3. The van der Waals surface area contributed by atoms with Crippen molar-refractivity contribution in [3.05, 3.63) is 42.7 Å². The summed E-state index contributed by atoms with van der Waals surface area (Å²) in [5, 5.41) is 10.3. The first-order chi connectivity index (χ1) is 7.33. The molecule has 0 aliphatic rings. The average Bonchev–Trinajstić information content (AvgIpc) is 2.84. The van der Waals surface area contributed by atoms with Crippen molar-refractivity contribution in [2.24, 2.45) is 0 Å². The molecule has 3 rings (SSSR count). The highest BCUT2D eigenvalue weighted by Crippen LogP contribution is 2.27. The van der Waals surface area contributed by atoms with Gasteiger partial charge in [0.15, 0.2) is 5.13 Å². The number of nitrogens with zero attached hydrogens (tertiary/aromatic N) is 2. The second-order valence-electron chi connectivity index (χ2n) is 3.24. The molecule has 0 fully saturated rings. The molecule has 2 heterocycles. The Morgan fingerprint density at radius 1 is 1.20 bits per heavy atom. The van der Waals surface area contributed by atoms with Crippen LogP contribution >= 0.6 is 11.3 Å². The molecule has 0 unspecified atom stereocenters. The van der Waals surface area contributed by atoms with E-state index in [9.17, 15) is 5.11 Å². The molecule has 4 heteroatoms. The van der Waals surface area contributed by atoms with Gasteiger partial charge in [0.1, 0.15) is 5.75 Å². The van der Waals surface area contributed by atoms with Gasteiger partial charge >= 0.3 is 0 Å². The van der Waals surface area contributed by atoms with Gasteiger partial charge < -0.3 is 9.67 Å². The maximum absolute atomic E-state index is 9.34. The molecule has 0 spiro atoms. The van der Waals surface area contributed by atoms with E-state index in [1.165, 1.54) is 0 Å². The number of aromatic hydroxyl groups is 1. The van der Waals surface area contributed by atoms with Crippen molar-refractivity contribution in [2.45, 2.75) is 0 Å². The first-order valence-corrected chi connectivity index (χ1v) is 5.37. The van der Waals surface area contributed by atoms with Crippen LogP contribution in [0.2, 0.25) is 0 Å². The lowest BCUT2D eigenvalue weighted by Gasteiger charge is -1.92. The van der Waals surface area contributed by atoms with E-state index < -0.39 is 0 Å². The summed E-state index contributed by atoms with van der Waals surface area (Å²) in [6, 6.07) is 9.14. The summed E-state index contributed by atoms with van der Waals surface area (Å²) in [4.78, 5) is 4.47. The Morgan fingerprint density at radius 2 is 2.00 bits per heavy atom. The van der Waals surface area contributed by atoms with E-state index in [0.29, 0.717) is 0 Å². The zero-order valence-electron chi connectivity index (χ0n) is 7.79. The minimum atomic E-state index is 0.283. The quantitative estimate of drug-likeness (QED) is 0.679. The molecule has 74 valence electrons. The fraction of sp³-hybridized carbons (Fsp3) is 0. The highest BCUT2D eigenvalue weighted by atomic mass is 32.1. The molecule has 0 saturated carbocycles. The third-order valence-corrected chi connectivity index (χ3v) is 3.22. The Hall–Kier alpha value is -1.81. The van der Waals surface area contributed by atoms with E-state index >= 15 is 0 Å². The van der Waals surface area contributed by atoms with Gasteiger partial charge in [-0.2, -0.15) is 0 Å². The predicted octanol–water partition coefficient (Wildman–Crippen LogP) is 2.79. The van der Waals surface area contributed by atoms with Gasteiger partial charge in [-0.3, -0.25) is 0 Å². The standard InChI is InChI=1S/C11H8N2OS/c14-8-3-4-9-10(7-8)15-11(12-9)13-5-1-2-6-13/h1-7,14H. The van der Waals surface area contributed by atoms with E-state index in [0.717, 1.165) is 15.3 Å². The van der Waals surface area contributed by atoms with Crippen LogP contribution in [0.1, 0.15) is 0 Å². The fourth-order valence-electron chi connectivity index (χ4n) is 1.47. The second-order valence-corrected chi connectivity index (χ2v) is 4.25. The number of phenols is 1. The molecular formula is C11H8N2OS. The van der Waals surface area contributed by atoms with E-state index in [1.54, 1.807) is 23.5 Å².